The maximum atomic E-state index is 12.1. The third-order valence-corrected chi connectivity index (χ3v) is 4.50. The summed E-state index contributed by atoms with van der Waals surface area (Å²) < 4.78 is 5.65. The summed E-state index contributed by atoms with van der Waals surface area (Å²) in [7, 11) is 0. The Morgan fingerprint density at radius 3 is 2.45 bits per heavy atom. The van der Waals surface area contributed by atoms with Gasteiger partial charge in [0.2, 0.25) is 5.91 Å². The molecule has 22 heavy (non-hydrogen) atoms. The number of rotatable bonds is 7. The van der Waals surface area contributed by atoms with E-state index in [9.17, 15) is 4.79 Å². The van der Waals surface area contributed by atoms with Crippen molar-refractivity contribution in [2.45, 2.75) is 57.4 Å². The Kier molecular flexibility index (Phi) is 5.83. The molecule has 2 rings (SSSR count). The van der Waals surface area contributed by atoms with E-state index in [4.69, 9.17) is 10.5 Å². The Hall–Kier alpha value is -1.55. The van der Waals surface area contributed by atoms with Gasteiger partial charge in [-0.2, -0.15) is 0 Å². The second-order valence-corrected chi connectivity index (χ2v) is 6.56. The van der Waals surface area contributed by atoms with Crippen LogP contribution in [-0.2, 0) is 4.79 Å². The molecule has 0 heterocycles. The van der Waals surface area contributed by atoms with Crippen molar-refractivity contribution in [2.75, 3.05) is 13.2 Å². The quantitative estimate of drug-likeness (QED) is 0.814. The summed E-state index contributed by atoms with van der Waals surface area (Å²) >= 11 is 0. The van der Waals surface area contributed by atoms with Gasteiger partial charge in [0.25, 0.3) is 0 Å². The normalized spacial score (nSPS) is 16.7. The van der Waals surface area contributed by atoms with Crippen molar-refractivity contribution in [3.05, 3.63) is 29.8 Å². The van der Waals surface area contributed by atoms with Crippen LogP contribution in [0.3, 0.4) is 0 Å². The Morgan fingerprint density at radius 1 is 1.27 bits per heavy atom. The van der Waals surface area contributed by atoms with Gasteiger partial charge in [0.1, 0.15) is 5.75 Å². The van der Waals surface area contributed by atoms with Crippen molar-refractivity contribution in [1.82, 2.24) is 5.32 Å². The number of nitrogens with two attached hydrogens (primary N) is 1. The predicted molar refractivity (Wildman–Crippen MR) is 89.0 cm³/mol. The second kappa shape index (κ2) is 7.63. The SMILES string of the molecule is CC(C)c1ccc(OCCC(=O)NC2(CN)CCCC2)cc1. The number of amides is 1. The van der Waals surface area contributed by atoms with Crippen molar-refractivity contribution in [3.63, 3.8) is 0 Å². The van der Waals surface area contributed by atoms with E-state index in [1.807, 2.05) is 12.1 Å². The first-order valence-electron chi connectivity index (χ1n) is 8.28. The number of benzene rings is 1. The second-order valence-electron chi connectivity index (χ2n) is 6.56. The van der Waals surface area contributed by atoms with Crippen LogP contribution < -0.4 is 15.8 Å². The van der Waals surface area contributed by atoms with E-state index in [1.165, 1.54) is 5.56 Å². The molecule has 4 heteroatoms. The molecule has 1 saturated carbocycles. The van der Waals surface area contributed by atoms with Gasteiger partial charge in [-0.15, -0.1) is 0 Å². The van der Waals surface area contributed by atoms with E-state index in [1.54, 1.807) is 0 Å². The third-order valence-electron chi connectivity index (χ3n) is 4.50. The number of nitrogens with one attached hydrogen (secondary N) is 1. The van der Waals surface area contributed by atoms with Crippen LogP contribution in [0.15, 0.2) is 24.3 Å². The number of hydrogen-bond donors (Lipinski definition) is 2. The standard InChI is InChI=1S/C18H28N2O2/c1-14(2)15-5-7-16(8-6-15)22-12-9-17(21)20-18(13-19)10-3-4-11-18/h5-8,14H,3-4,9-13,19H2,1-2H3,(H,20,21). The van der Waals surface area contributed by atoms with Crippen molar-refractivity contribution < 1.29 is 9.53 Å². The number of ether oxygens (including phenoxy) is 1. The van der Waals surface area contributed by atoms with Crippen molar-refractivity contribution in [1.29, 1.82) is 0 Å². The van der Waals surface area contributed by atoms with Crippen molar-refractivity contribution in [3.8, 4) is 5.75 Å². The molecule has 0 bridgehead atoms. The highest BCUT2D eigenvalue weighted by atomic mass is 16.5. The lowest BCUT2D eigenvalue weighted by atomic mass is 9.98. The first-order chi connectivity index (χ1) is 10.5. The Morgan fingerprint density at radius 2 is 1.91 bits per heavy atom. The molecule has 1 fully saturated rings. The fraction of sp³-hybridized carbons (Fsp3) is 0.611. The fourth-order valence-corrected chi connectivity index (χ4v) is 3.00. The lowest BCUT2D eigenvalue weighted by Gasteiger charge is -2.28. The van der Waals surface area contributed by atoms with E-state index in [0.717, 1.165) is 31.4 Å². The van der Waals surface area contributed by atoms with Crippen LogP contribution in [0.1, 0.15) is 57.4 Å². The van der Waals surface area contributed by atoms with Crippen molar-refractivity contribution >= 4 is 5.91 Å². The molecule has 1 aromatic carbocycles. The molecular formula is C18H28N2O2. The van der Waals surface area contributed by atoms with Crippen LogP contribution in [0.2, 0.25) is 0 Å². The van der Waals surface area contributed by atoms with E-state index in [-0.39, 0.29) is 11.4 Å². The van der Waals surface area contributed by atoms with Gasteiger partial charge in [0.15, 0.2) is 0 Å². The summed E-state index contributed by atoms with van der Waals surface area (Å²) in [5.41, 5.74) is 6.95. The molecule has 122 valence electrons. The molecule has 0 aliphatic heterocycles. The van der Waals surface area contributed by atoms with Crippen LogP contribution >= 0.6 is 0 Å². The first kappa shape index (κ1) is 16.8. The van der Waals surface area contributed by atoms with E-state index in [0.29, 0.717) is 25.5 Å². The molecule has 0 aromatic heterocycles. The van der Waals surface area contributed by atoms with Gasteiger partial charge in [-0.25, -0.2) is 0 Å². The molecule has 0 unspecified atom stereocenters. The predicted octanol–water partition coefficient (Wildman–Crippen LogP) is 2.97. The zero-order valence-electron chi connectivity index (χ0n) is 13.7. The smallest absolute Gasteiger partial charge is 0.223 e. The van der Waals surface area contributed by atoms with Gasteiger partial charge in [-0.05, 0) is 36.5 Å². The maximum absolute atomic E-state index is 12.1. The van der Waals surface area contributed by atoms with E-state index in [2.05, 4.69) is 31.3 Å². The summed E-state index contributed by atoms with van der Waals surface area (Å²) in [6.07, 6.45) is 4.65. The average molecular weight is 304 g/mol. The molecule has 4 nitrogen and oxygen atoms in total. The van der Waals surface area contributed by atoms with Crippen LogP contribution in [0.4, 0.5) is 0 Å². The van der Waals surface area contributed by atoms with E-state index < -0.39 is 0 Å². The third kappa shape index (κ3) is 4.47. The highest BCUT2D eigenvalue weighted by Gasteiger charge is 2.33. The number of hydrogen-bond acceptors (Lipinski definition) is 3. The van der Waals surface area contributed by atoms with Gasteiger partial charge >= 0.3 is 0 Å². The summed E-state index contributed by atoms with van der Waals surface area (Å²) in [4.78, 5) is 12.1. The number of carbonyl (C=O) groups excluding carboxylic acids is 1. The number of carbonyl (C=O) groups is 1. The topological polar surface area (TPSA) is 64.3 Å². The van der Waals surface area contributed by atoms with Crippen LogP contribution in [-0.4, -0.2) is 24.6 Å². The van der Waals surface area contributed by atoms with E-state index >= 15 is 0 Å². The minimum atomic E-state index is -0.171. The molecule has 1 amide bonds. The molecule has 0 atom stereocenters. The fourth-order valence-electron chi connectivity index (χ4n) is 3.00. The van der Waals surface area contributed by atoms with Gasteiger partial charge < -0.3 is 15.8 Å². The van der Waals surface area contributed by atoms with Gasteiger partial charge in [0.05, 0.1) is 18.6 Å². The lowest BCUT2D eigenvalue weighted by molar-refractivity contribution is -0.123. The highest BCUT2D eigenvalue weighted by Crippen LogP contribution is 2.28. The molecule has 1 aromatic rings. The summed E-state index contributed by atoms with van der Waals surface area (Å²) in [5, 5.41) is 3.11. The zero-order valence-corrected chi connectivity index (χ0v) is 13.7. The average Bonchev–Trinajstić information content (AvgIpc) is 2.97. The maximum Gasteiger partial charge on any atom is 0.223 e. The van der Waals surface area contributed by atoms with Gasteiger partial charge in [-0.1, -0.05) is 38.8 Å². The molecular weight excluding hydrogens is 276 g/mol. The Labute approximate surface area is 133 Å². The summed E-state index contributed by atoms with van der Waals surface area (Å²) in [6.45, 7) is 5.25. The van der Waals surface area contributed by atoms with Gasteiger partial charge in [0, 0.05) is 6.54 Å². The largest absolute Gasteiger partial charge is 0.493 e. The van der Waals surface area contributed by atoms with Crippen molar-refractivity contribution in [2.24, 2.45) is 5.73 Å². The Bertz CT molecular complexity index is 476. The molecule has 3 N–H and O–H groups in total. The minimum absolute atomic E-state index is 0.0335. The molecule has 0 saturated heterocycles. The molecule has 0 radical (unpaired) electrons. The summed E-state index contributed by atoms with van der Waals surface area (Å²) in [6, 6.07) is 8.07. The Balaban J connectivity index is 1.74. The highest BCUT2D eigenvalue weighted by molar-refractivity contribution is 5.77. The van der Waals surface area contributed by atoms with Gasteiger partial charge in [-0.3, -0.25) is 4.79 Å². The van der Waals surface area contributed by atoms with Crippen LogP contribution in [0.25, 0.3) is 0 Å². The summed E-state index contributed by atoms with van der Waals surface area (Å²) in [5.74, 6) is 1.36. The van der Waals surface area contributed by atoms with Crippen LogP contribution in [0.5, 0.6) is 5.75 Å². The molecule has 1 aliphatic rings. The molecule has 1 aliphatic carbocycles. The lowest BCUT2D eigenvalue weighted by Crippen LogP contribution is -2.51. The minimum Gasteiger partial charge on any atom is -0.493 e. The first-order valence-corrected chi connectivity index (χ1v) is 8.28. The molecule has 0 spiro atoms. The van der Waals surface area contributed by atoms with Crippen LogP contribution in [0, 0.1) is 0 Å². The zero-order chi connectivity index (χ0) is 16.0. The monoisotopic (exact) mass is 304 g/mol.